The summed E-state index contributed by atoms with van der Waals surface area (Å²) in [5.41, 5.74) is 10.9. The minimum atomic E-state index is -0.467. The van der Waals surface area contributed by atoms with E-state index in [1.54, 1.807) is 6.07 Å². The summed E-state index contributed by atoms with van der Waals surface area (Å²) in [6.45, 7) is 4.59. The predicted molar refractivity (Wildman–Crippen MR) is 111 cm³/mol. The van der Waals surface area contributed by atoms with Gasteiger partial charge in [0.15, 0.2) is 0 Å². The Kier molecular flexibility index (Phi) is 4.53. The van der Waals surface area contributed by atoms with Gasteiger partial charge in [0.05, 0.1) is 22.5 Å². The number of hydrogen-bond donors (Lipinski definition) is 2. The summed E-state index contributed by atoms with van der Waals surface area (Å²) in [7, 11) is 0. The molecule has 0 saturated heterocycles. The summed E-state index contributed by atoms with van der Waals surface area (Å²) in [6.07, 6.45) is 0. The quantitative estimate of drug-likeness (QED) is 0.559. The van der Waals surface area contributed by atoms with Gasteiger partial charge < -0.3 is 11.1 Å². The maximum atomic E-state index is 11.9. The lowest BCUT2D eigenvalue weighted by molar-refractivity contribution is 0.100. The fraction of sp³-hybridized carbons (Fsp3) is 0.136. The Morgan fingerprint density at radius 2 is 1.79 bits per heavy atom. The third-order valence-corrected chi connectivity index (χ3v) is 4.87. The molecule has 2 heterocycles. The second kappa shape index (κ2) is 7.15. The monoisotopic (exact) mass is 371 g/mol. The number of para-hydroxylation sites is 2. The molecule has 0 radical (unpaired) electrons. The Morgan fingerprint density at radius 3 is 2.54 bits per heavy atom. The van der Waals surface area contributed by atoms with Gasteiger partial charge in [-0.3, -0.25) is 4.79 Å². The molecule has 4 rings (SSSR count). The van der Waals surface area contributed by atoms with Crippen molar-refractivity contribution in [3.63, 3.8) is 0 Å². The molecule has 2 aromatic carbocycles. The number of primary amides is 1. The largest absolute Gasteiger partial charge is 0.366 e. The molecule has 0 fully saturated rings. The number of rotatable bonds is 5. The van der Waals surface area contributed by atoms with Gasteiger partial charge in [0, 0.05) is 23.2 Å². The summed E-state index contributed by atoms with van der Waals surface area (Å²) < 4.78 is 1.94. The Morgan fingerprint density at radius 1 is 1.07 bits per heavy atom. The summed E-state index contributed by atoms with van der Waals surface area (Å²) in [4.78, 5) is 16.5. The molecule has 6 heteroatoms. The average molecular weight is 371 g/mol. The molecular formula is C22H21N5O. The summed E-state index contributed by atoms with van der Waals surface area (Å²) in [5.74, 6) is 0.143. The van der Waals surface area contributed by atoms with E-state index in [4.69, 9.17) is 5.73 Å². The van der Waals surface area contributed by atoms with Crippen molar-refractivity contribution in [1.82, 2.24) is 14.8 Å². The molecule has 6 nitrogen and oxygen atoms in total. The number of nitrogens with one attached hydrogen (secondary N) is 1. The van der Waals surface area contributed by atoms with E-state index in [9.17, 15) is 4.79 Å². The first kappa shape index (κ1) is 17.7. The van der Waals surface area contributed by atoms with Crippen LogP contribution in [0.2, 0.25) is 0 Å². The first-order valence-corrected chi connectivity index (χ1v) is 9.08. The second-order valence-electron chi connectivity index (χ2n) is 6.69. The molecule has 4 aromatic rings. The molecule has 2 aromatic heterocycles. The number of fused-ring (bicyclic) bond motifs is 1. The Labute approximate surface area is 163 Å². The molecule has 0 unspecified atom stereocenters. The average Bonchev–Trinajstić information content (AvgIpc) is 3.00. The van der Waals surface area contributed by atoms with E-state index in [1.807, 2.05) is 73.1 Å². The minimum absolute atomic E-state index is 0.460. The van der Waals surface area contributed by atoms with E-state index in [2.05, 4.69) is 15.4 Å². The SMILES string of the molecule is Cc1nn(-c2ccccc2)c(C)c1CNc1cc(C(N)=O)c2ccccc2n1. The van der Waals surface area contributed by atoms with Crippen molar-refractivity contribution in [2.75, 3.05) is 5.32 Å². The van der Waals surface area contributed by atoms with Crippen LogP contribution in [0.5, 0.6) is 0 Å². The minimum Gasteiger partial charge on any atom is -0.366 e. The third kappa shape index (κ3) is 3.20. The van der Waals surface area contributed by atoms with Crippen LogP contribution in [0.1, 0.15) is 27.3 Å². The zero-order chi connectivity index (χ0) is 19.7. The molecule has 0 atom stereocenters. The van der Waals surface area contributed by atoms with Crippen LogP contribution in [0.4, 0.5) is 5.82 Å². The number of pyridine rings is 1. The van der Waals surface area contributed by atoms with Gasteiger partial charge in [-0.2, -0.15) is 5.10 Å². The van der Waals surface area contributed by atoms with E-state index in [0.717, 1.165) is 33.5 Å². The van der Waals surface area contributed by atoms with Crippen LogP contribution in [0.15, 0.2) is 60.7 Å². The third-order valence-electron chi connectivity index (χ3n) is 4.87. The Balaban J connectivity index is 1.65. The summed E-state index contributed by atoms with van der Waals surface area (Å²) >= 11 is 0. The van der Waals surface area contributed by atoms with E-state index < -0.39 is 5.91 Å². The summed E-state index contributed by atoms with van der Waals surface area (Å²) in [6, 6.07) is 19.2. The standard InChI is InChI=1S/C22H21N5O/c1-14-19(15(2)27(26-14)16-8-4-3-5-9-16)13-24-21-12-18(22(23)28)17-10-6-7-11-20(17)25-21/h3-12H,13H2,1-2H3,(H2,23,28)(H,24,25). The van der Waals surface area contributed by atoms with Crippen molar-refractivity contribution in [2.45, 2.75) is 20.4 Å². The van der Waals surface area contributed by atoms with Crippen molar-refractivity contribution in [3.8, 4) is 5.69 Å². The molecule has 28 heavy (non-hydrogen) atoms. The van der Waals surface area contributed by atoms with Crippen LogP contribution in [0, 0.1) is 13.8 Å². The molecule has 0 aliphatic heterocycles. The van der Waals surface area contributed by atoms with Gasteiger partial charge in [-0.1, -0.05) is 36.4 Å². The highest BCUT2D eigenvalue weighted by molar-refractivity contribution is 6.06. The van der Waals surface area contributed by atoms with E-state index in [-0.39, 0.29) is 0 Å². The number of carbonyl (C=O) groups excluding carboxylic acids is 1. The lowest BCUT2D eigenvalue weighted by atomic mass is 10.1. The number of nitrogens with two attached hydrogens (primary N) is 1. The fourth-order valence-corrected chi connectivity index (χ4v) is 3.40. The molecule has 0 aliphatic carbocycles. The van der Waals surface area contributed by atoms with Gasteiger partial charge in [0.1, 0.15) is 5.82 Å². The number of aryl methyl sites for hydroxylation is 1. The van der Waals surface area contributed by atoms with Crippen molar-refractivity contribution in [1.29, 1.82) is 0 Å². The van der Waals surface area contributed by atoms with E-state index >= 15 is 0 Å². The van der Waals surface area contributed by atoms with Crippen molar-refractivity contribution in [2.24, 2.45) is 5.73 Å². The molecule has 0 spiro atoms. The first-order chi connectivity index (χ1) is 13.5. The summed E-state index contributed by atoms with van der Waals surface area (Å²) in [5, 5.41) is 8.75. The number of nitrogens with zero attached hydrogens (tertiary/aromatic N) is 3. The fourth-order valence-electron chi connectivity index (χ4n) is 3.40. The highest BCUT2D eigenvalue weighted by Crippen LogP contribution is 2.22. The molecule has 0 saturated carbocycles. The Bertz CT molecular complexity index is 1160. The zero-order valence-corrected chi connectivity index (χ0v) is 15.8. The highest BCUT2D eigenvalue weighted by atomic mass is 16.1. The van der Waals surface area contributed by atoms with Crippen LogP contribution >= 0.6 is 0 Å². The van der Waals surface area contributed by atoms with Crippen LogP contribution < -0.4 is 11.1 Å². The van der Waals surface area contributed by atoms with Crippen molar-refractivity contribution >= 4 is 22.6 Å². The molecule has 3 N–H and O–H groups in total. The normalized spacial score (nSPS) is 10.9. The van der Waals surface area contributed by atoms with Gasteiger partial charge >= 0.3 is 0 Å². The number of benzene rings is 2. The first-order valence-electron chi connectivity index (χ1n) is 9.08. The number of carbonyl (C=O) groups is 1. The smallest absolute Gasteiger partial charge is 0.249 e. The lowest BCUT2D eigenvalue weighted by Gasteiger charge is -2.10. The molecule has 0 aliphatic rings. The van der Waals surface area contributed by atoms with Gasteiger partial charge in [0.25, 0.3) is 0 Å². The van der Waals surface area contributed by atoms with E-state index in [1.165, 1.54) is 0 Å². The number of aromatic nitrogens is 3. The predicted octanol–water partition coefficient (Wildman–Crippen LogP) is 3.75. The number of anilines is 1. The lowest BCUT2D eigenvalue weighted by Crippen LogP contribution is -2.13. The number of hydrogen-bond acceptors (Lipinski definition) is 4. The number of amides is 1. The molecular weight excluding hydrogens is 350 g/mol. The van der Waals surface area contributed by atoms with Crippen LogP contribution in [-0.2, 0) is 6.54 Å². The van der Waals surface area contributed by atoms with Crippen LogP contribution in [0.25, 0.3) is 16.6 Å². The van der Waals surface area contributed by atoms with Crippen molar-refractivity contribution < 1.29 is 4.79 Å². The topological polar surface area (TPSA) is 85.8 Å². The Hall–Kier alpha value is -3.67. The maximum absolute atomic E-state index is 11.9. The maximum Gasteiger partial charge on any atom is 0.249 e. The molecule has 1 amide bonds. The highest BCUT2D eigenvalue weighted by Gasteiger charge is 2.14. The van der Waals surface area contributed by atoms with Crippen molar-refractivity contribution in [3.05, 3.63) is 83.2 Å². The van der Waals surface area contributed by atoms with Gasteiger partial charge in [-0.05, 0) is 38.1 Å². The molecule has 140 valence electrons. The van der Waals surface area contributed by atoms with E-state index in [0.29, 0.717) is 17.9 Å². The zero-order valence-electron chi connectivity index (χ0n) is 15.8. The van der Waals surface area contributed by atoms with Gasteiger partial charge in [0.2, 0.25) is 5.91 Å². The van der Waals surface area contributed by atoms with Gasteiger partial charge in [-0.25, -0.2) is 9.67 Å². The molecule has 0 bridgehead atoms. The second-order valence-corrected chi connectivity index (χ2v) is 6.69. The van der Waals surface area contributed by atoms with Gasteiger partial charge in [-0.15, -0.1) is 0 Å². The van der Waals surface area contributed by atoms with Crippen LogP contribution in [-0.4, -0.2) is 20.7 Å². The van der Waals surface area contributed by atoms with Crippen LogP contribution in [0.3, 0.4) is 0 Å².